The van der Waals surface area contributed by atoms with Gasteiger partial charge in [-0.25, -0.2) is 0 Å². The lowest BCUT2D eigenvalue weighted by atomic mass is 9.95. The van der Waals surface area contributed by atoms with Crippen LogP contribution in [0.2, 0.25) is 5.02 Å². The summed E-state index contributed by atoms with van der Waals surface area (Å²) in [6.07, 6.45) is 3.63. The van der Waals surface area contributed by atoms with Crippen molar-refractivity contribution in [1.82, 2.24) is 9.80 Å². The zero-order valence-corrected chi connectivity index (χ0v) is 20.6. The lowest BCUT2D eigenvalue weighted by Gasteiger charge is -2.33. The van der Waals surface area contributed by atoms with Crippen molar-refractivity contribution in [2.24, 2.45) is 5.92 Å². The Morgan fingerprint density at radius 1 is 1.06 bits per heavy atom. The van der Waals surface area contributed by atoms with Crippen LogP contribution >= 0.6 is 23.4 Å². The third-order valence-electron chi connectivity index (χ3n) is 6.07. The number of thioether (sulfide) groups is 1. The van der Waals surface area contributed by atoms with Crippen molar-refractivity contribution in [3.8, 4) is 0 Å². The van der Waals surface area contributed by atoms with E-state index in [-0.39, 0.29) is 23.0 Å². The van der Waals surface area contributed by atoms with E-state index in [1.165, 1.54) is 5.56 Å². The molecule has 1 fully saturated rings. The Labute approximate surface area is 201 Å². The summed E-state index contributed by atoms with van der Waals surface area (Å²) in [6, 6.07) is 18.1. The van der Waals surface area contributed by atoms with Crippen molar-refractivity contribution < 1.29 is 9.59 Å². The number of carbonyl (C=O) groups is 2. The van der Waals surface area contributed by atoms with Crippen LogP contribution in [0.15, 0.2) is 54.6 Å². The number of halogens is 1. The molecule has 0 aliphatic carbocycles. The standard InChI is InChI=1S/C26H33ClN2O2S/c1-3-4-16-28(2)26(31)22-14-17-29(18-15-22)24(30)19-32-25(20-8-6-5-7-9-20)21-10-12-23(27)13-11-21/h5-13,22,25H,3-4,14-19H2,1-2H3. The normalized spacial score (nSPS) is 15.4. The molecule has 1 atom stereocenters. The molecule has 0 aromatic heterocycles. The molecule has 1 saturated heterocycles. The molecule has 4 nitrogen and oxygen atoms in total. The first-order valence-corrected chi connectivity index (χ1v) is 12.9. The summed E-state index contributed by atoms with van der Waals surface area (Å²) < 4.78 is 0. The molecule has 0 radical (unpaired) electrons. The molecule has 1 unspecified atom stereocenters. The van der Waals surface area contributed by atoms with Crippen LogP contribution in [0.1, 0.15) is 49.0 Å². The fraction of sp³-hybridized carbons (Fsp3) is 0.462. The van der Waals surface area contributed by atoms with Crippen LogP contribution in [0.5, 0.6) is 0 Å². The number of hydrogen-bond donors (Lipinski definition) is 0. The van der Waals surface area contributed by atoms with Crippen molar-refractivity contribution >= 4 is 35.2 Å². The molecular weight excluding hydrogens is 440 g/mol. The van der Waals surface area contributed by atoms with Gasteiger partial charge in [-0.15, -0.1) is 11.8 Å². The molecule has 1 aliphatic heterocycles. The van der Waals surface area contributed by atoms with Crippen molar-refractivity contribution in [1.29, 1.82) is 0 Å². The number of likely N-dealkylation sites (tertiary alicyclic amines) is 1. The molecule has 0 saturated carbocycles. The summed E-state index contributed by atoms with van der Waals surface area (Å²) in [6.45, 7) is 4.27. The predicted octanol–water partition coefficient (Wildman–Crippen LogP) is 5.66. The van der Waals surface area contributed by atoms with Gasteiger partial charge in [-0.2, -0.15) is 0 Å². The number of rotatable bonds is 9. The van der Waals surface area contributed by atoms with Gasteiger partial charge in [-0.05, 0) is 42.5 Å². The first kappa shape index (κ1) is 24.7. The number of amides is 2. The van der Waals surface area contributed by atoms with Crippen LogP contribution < -0.4 is 0 Å². The van der Waals surface area contributed by atoms with E-state index in [1.54, 1.807) is 11.8 Å². The fourth-order valence-corrected chi connectivity index (χ4v) is 5.41. The van der Waals surface area contributed by atoms with Crippen molar-refractivity contribution in [3.63, 3.8) is 0 Å². The summed E-state index contributed by atoms with van der Waals surface area (Å²) in [7, 11) is 1.90. The smallest absolute Gasteiger partial charge is 0.232 e. The van der Waals surface area contributed by atoms with Gasteiger partial charge in [0.25, 0.3) is 0 Å². The Morgan fingerprint density at radius 2 is 1.69 bits per heavy atom. The highest BCUT2D eigenvalue weighted by Crippen LogP contribution is 2.36. The Kier molecular flexibility index (Phi) is 9.49. The molecule has 2 amide bonds. The molecular formula is C26H33ClN2O2S. The SMILES string of the molecule is CCCCN(C)C(=O)C1CCN(C(=O)CSC(c2ccccc2)c2ccc(Cl)cc2)CC1. The summed E-state index contributed by atoms with van der Waals surface area (Å²) in [4.78, 5) is 29.4. The monoisotopic (exact) mass is 472 g/mol. The van der Waals surface area contributed by atoms with Crippen molar-refractivity contribution in [3.05, 3.63) is 70.7 Å². The lowest BCUT2D eigenvalue weighted by Crippen LogP contribution is -2.44. The molecule has 1 aliphatic rings. The molecule has 2 aromatic carbocycles. The van der Waals surface area contributed by atoms with Crippen molar-refractivity contribution in [2.45, 2.75) is 37.9 Å². The van der Waals surface area contributed by atoms with E-state index in [1.807, 2.05) is 59.3 Å². The summed E-state index contributed by atoms with van der Waals surface area (Å²) in [5, 5.41) is 0.781. The van der Waals surface area contributed by atoms with Crippen LogP contribution in [0.25, 0.3) is 0 Å². The predicted molar refractivity (Wildman–Crippen MR) is 134 cm³/mol. The molecule has 0 bridgehead atoms. The van der Waals surface area contributed by atoms with Gasteiger partial charge in [0.1, 0.15) is 0 Å². The zero-order chi connectivity index (χ0) is 22.9. The third-order valence-corrected chi connectivity index (χ3v) is 7.61. The summed E-state index contributed by atoms with van der Waals surface area (Å²) >= 11 is 7.72. The molecule has 0 spiro atoms. The zero-order valence-electron chi connectivity index (χ0n) is 19.0. The number of benzene rings is 2. The highest BCUT2D eigenvalue weighted by atomic mass is 35.5. The molecule has 2 aromatic rings. The molecule has 0 N–H and O–H groups in total. The highest BCUT2D eigenvalue weighted by molar-refractivity contribution is 8.00. The van der Waals surface area contributed by atoms with E-state index in [4.69, 9.17) is 11.6 Å². The van der Waals surface area contributed by atoms with Gasteiger partial charge in [0.05, 0.1) is 11.0 Å². The van der Waals surface area contributed by atoms with Gasteiger partial charge in [0.15, 0.2) is 0 Å². The third kappa shape index (κ3) is 6.76. The van der Waals surface area contributed by atoms with Crippen molar-refractivity contribution in [2.75, 3.05) is 32.4 Å². The maximum Gasteiger partial charge on any atom is 0.232 e. The van der Waals surface area contributed by atoms with E-state index < -0.39 is 0 Å². The number of unbranched alkanes of at least 4 members (excludes halogenated alkanes) is 1. The summed E-state index contributed by atoms with van der Waals surface area (Å²) in [5.41, 5.74) is 2.31. The van der Waals surface area contributed by atoms with E-state index >= 15 is 0 Å². The Hall–Kier alpha value is -1.98. The van der Waals surface area contributed by atoms with Crippen LogP contribution in [-0.2, 0) is 9.59 Å². The minimum absolute atomic E-state index is 0.0414. The molecule has 172 valence electrons. The van der Waals surface area contributed by atoms with E-state index in [9.17, 15) is 9.59 Å². The number of nitrogens with zero attached hydrogens (tertiary/aromatic N) is 2. The second-order valence-electron chi connectivity index (χ2n) is 8.42. The minimum atomic E-state index is 0.0414. The second-order valence-corrected chi connectivity index (χ2v) is 9.95. The average molecular weight is 473 g/mol. The maximum absolute atomic E-state index is 13.0. The van der Waals surface area contributed by atoms with Crippen LogP contribution in [0, 0.1) is 5.92 Å². The minimum Gasteiger partial charge on any atom is -0.346 e. The Balaban J connectivity index is 1.56. The average Bonchev–Trinajstić information content (AvgIpc) is 2.84. The number of carbonyl (C=O) groups excluding carboxylic acids is 2. The summed E-state index contributed by atoms with van der Waals surface area (Å²) in [5.74, 6) is 0.832. The molecule has 1 heterocycles. The fourth-order valence-electron chi connectivity index (χ4n) is 4.09. The first-order valence-electron chi connectivity index (χ1n) is 11.4. The molecule has 6 heteroatoms. The van der Waals surface area contributed by atoms with Crippen LogP contribution in [0.4, 0.5) is 0 Å². The number of hydrogen-bond acceptors (Lipinski definition) is 3. The van der Waals surface area contributed by atoms with Gasteiger partial charge in [-0.3, -0.25) is 9.59 Å². The Bertz CT molecular complexity index is 867. The molecule has 32 heavy (non-hydrogen) atoms. The van der Waals surface area contributed by atoms with E-state index in [2.05, 4.69) is 19.1 Å². The van der Waals surface area contributed by atoms with Gasteiger partial charge in [0.2, 0.25) is 11.8 Å². The number of piperidine rings is 1. The van der Waals surface area contributed by atoms with Gasteiger partial charge in [-0.1, -0.05) is 67.4 Å². The topological polar surface area (TPSA) is 40.6 Å². The Morgan fingerprint density at radius 3 is 2.31 bits per heavy atom. The van der Waals surface area contributed by atoms with Gasteiger partial charge in [0, 0.05) is 37.6 Å². The van der Waals surface area contributed by atoms with Crippen LogP contribution in [-0.4, -0.2) is 54.0 Å². The largest absolute Gasteiger partial charge is 0.346 e. The van der Waals surface area contributed by atoms with Gasteiger partial charge < -0.3 is 9.80 Å². The maximum atomic E-state index is 13.0. The van der Waals surface area contributed by atoms with E-state index in [0.717, 1.165) is 37.8 Å². The quantitative estimate of drug-likeness (QED) is 0.472. The lowest BCUT2D eigenvalue weighted by molar-refractivity contribution is -0.138. The molecule has 3 rings (SSSR count). The second kappa shape index (κ2) is 12.3. The first-order chi connectivity index (χ1) is 15.5. The van der Waals surface area contributed by atoms with Crippen LogP contribution in [0.3, 0.4) is 0 Å². The highest BCUT2D eigenvalue weighted by Gasteiger charge is 2.29. The van der Waals surface area contributed by atoms with E-state index in [0.29, 0.717) is 23.9 Å². The van der Waals surface area contributed by atoms with Gasteiger partial charge >= 0.3 is 0 Å².